The first kappa shape index (κ1) is 18.2. The number of nitrogens with one attached hydrogen (secondary N) is 1. The molecule has 0 atom stereocenters. The molecule has 0 amide bonds. The molecule has 1 aromatic rings. The van der Waals surface area contributed by atoms with Crippen molar-refractivity contribution in [2.75, 3.05) is 16.8 Å². The Morgan fingerprint density at radius 1 is 1.08 bits per heavy atom. The van der Waals surface area contributed by atoms with E-state index in [0.717, 1.165) is 0 Å². The van der Waals surface area contributed by atoms with Gasteiger partial charge in [0.1, 0.15) is 14.7 Å². The highest BCUT2D eigenvalue weighted by atomic mass is 32.2. The molecule has 0 bridgehead atoms. The van der Waals surface area contributed by atoms with Gasteiger partial charge < -0.3 is 5.32 Å². The van der Waals surface area contributed by atoms with Gasteiger partial charge in [0.05, 0.1) is 23.6 Å². The van der Waals surface area contributed by atoms with E-state index in [2.05, 4.69) is 5.32 Å². The first-order chi connectivity index (χ1) is 11.5. The molecule has 0 saturated carbocycles. The zero-order valence-corrected chi connectivity index (χ0v) is 14.6. The lowest BCUT2D eigenvalue weighted by atomic mass is 10.0. The second kappa shape index (κ2) is 6.01. The Morgan fingerprint density at radius 3 is 2.32 bits per heavy atom. The SMILES string of the molecule is O=S1(=O)CCC(Nc2cccc3c2S(=O)(=O)C=C3CC(F)(F)F)CC1. The van der Waals surface area contributed by atoms with Crippen molar-refractivity contribution in [1.29, 1.82) is 0 Å². The summed E-state index contributed by atoms with van der Waals surface area (Å²) in [5.74, 6) is 0.00797. The maximum Gasteiger partial charge on any atom is 0.393 e. The van der Waals surface area contributed by atoms with Gasteiger partial charge in [-0.2, -0.15) is 13.2 Å². The topological polar surface area (TPSA) is 80.3 Å². The van der Waals surface area contributed by atoms with Gasteiger partial charge in [-0.1, -0.05) is 12.1 Å². The number of hydrogen-bond acceptors (Lipinski definition) is 5. The van der Waals surface area contributed by atoms with E-state index in [1.54, 1.807) is 0 Å². The lowest BCUT2D eigenvalue weighted by Gasteiger charge is -2.25. The van der Waals surface area contributed by atoms with Crippen LogP contribution in [0.3, 0.4) is 0 Å². The number of fused-ring (bicyclic) bond motifs is 1. The molecule has 1 saturated heterocycles. The van der Waals surface area contributed by atoms with Crippen molar-refractivity contribution < 1.29 is 30.0 Å². The monoisotopic (exact) mass is 395 g/mol. The van der Waals surface area contributed by atoms with E-state index in [0.29, 0.717) is 18.2 Å². The van der Waals surface area contributed by atoms with Crippen LogP contribution in [-0.4, -0.2) is 40.6 Å². The van der Waals surface area contributed by atoms with Crippen LogP contribution >= 0.6 is 0 Å². The van der Waals surface area contributed by atoms with Gasteiger partial charge in [-0.15, -0.1) is 0 Å². The molecule has 25 heavy (non-hydrogen) atoms. The average molecular weight is 395 g/mol. The Kier molecular flexibility index (Phi) is 4.39. The summed E-state index contributed by atoms with van der Waals surface area (Å²) in [6, 6.07) is 4.10. The molecule has 2 aliphatic heterocycles. The lowest BCUT2D eigenvalue weighted by Crippen LogP contribution is -2.32. The van der Waals surface area contributed by atoms with Gasteiger partial charge in [0, 0.05) is 11.4 Å². The van der Waals surface area contributed by atoms with Crippen molar-refractivity contribution in [2.45, 2.75) is 36.4 Å². The third kappa shape index (κ3) is 4.00. The number of benzene rings is 1. The van der Waals surface area contributed by atoms with Crippen LogP contribution in [0.25, 0.3) is 5.57 Å². The molecule has 0 aromatic heterocycles. The summed E-state index contributed by atoms with van der Waals surface area (Å²) in [7, 11) is -7.04. The molecule has 0 aliphatic carbocycles. The minimum Gasteiger partial charge on any atom is -0.381 e. The van der Waals surface area contributed by atoms with Crippen molar-refractivity contribution >= 4 is 30.9 Å². The molecule has 0 radical (unpaired) electrons. The first-order valence-electron chi connectivity index (χ1n) is 7.60. The zero-order valence-electron chi connectivity index (χ0n) is 13.0. The number of allylic oxidation sites excluding steroid dienone is 1. The average Bonchev–Trinajstić information content (AvgIpc) is 2.71. The highest BCUT2D eigenvalue weighted by Crippen LogP contribution is 2.43. The molecule has 1 fully saturated rings. The van der Waals surface area contributed by atoms with E-state index < -0.39 is 32.3 Å². The number of anilines is 1. The Bertz CT molecular complexity index is 920. The van der Waals surface area contributed by atoms with Crippen molar-refractivity contribution in [1.82, 2.24) is 0 Å². The maximum atomic E-state index is 12.7. The fourth-order valence-electron chi connectivity index (χ4n) is 3.13. The minimum atomic E-state index is -4.51. The molecular weight excluding hydrogens is 379 g/mol. The summed E-state index contributed by atoms with van der Waals surface area (Å²) in [5.41, 5.74) is -0.0154. The van der Waals surface area contributed by atoms with Crippen LogP contribution in [0, 0.1) is 0 Å². The van der Waals surface area contributed by atoms with Crippen LogP contribution in [0.1, 0.15) is 24.8 Å². The largest absolute Gasteiger partial charge is 0.393 e. The van der Waals surface area contributed by atoms with Gasteiger partial charge in [-0.25, -0.2) is 16.8 Å². The summed E-state index contributed by atoms with van der Waals surface area (Å²) in [5, 5.41) is 3.67. The number of rotatable bonds is 3. The normalized spacial score (nSPS) is 22.3. The van der Waals surface area contributed by atoms with Crippen molar-refractivity contribution in [2.24, 2.45) is 0 Å². The Hall–Kier alpha value is -1.55. The van der Waals surface area contributed by atoms with E-state index in [9.17, 15) is 30.0 Å². The van der Waals surface area contributed by atoms with Crippen LogP contribution in [0.4, 0.5) is 18.9 Å². The Labute approximate surface area is 143 Å². The van der Waals surface area contributed by atoms with Crippen LogP contribution in [0.15, 0.2) is 28.5 Å². The van der Waals surface area contributed by atoms with E-state index in [-0.39, 0.29) is 39.3 Å². The predicted molar refractivity (Wildman–Crippen MR) is 87.6 cm³/mol. The predicted octanol–water partition coefficient (Wildman–Crippen LogP) is 2.76. The molecular formula is C15H16F3NO4S2. The van der Waals surface area contributed by atoms with E-state index in [4.69, 9.17) is 0 Å². The number of halogens is 3. The van der Waals surface area contributed by atoms with Crippen molar-refractivity contribution in [3.63, 3.8) is 0 Å². The highest BCUT2D eigenvalue weighted by molar-refractivity contribution is 7.95. The third-order valence-corrected chi connectivity index (χ3v) is 7.57. The second-order valence-electron chi connectivity index (χ2n) is 6.23. The van der Waals surface area contributed by atoms with Gasteiger partial charge >= 0.3 is 6.18 Å². The van der Waals surface area contributed by atoms with Gasteiger partial charge in [-0.3, -0.25) is 0 Å². The molecule has 2 heterocycles. The molecule has 3 rings (SSSR count). The van der Waals surface area contributed by atoms with Gasteiger partial charge in [0.15, 0.2) is 0 Å². The molecule has 1 N–H and O–H groups in total. The minimum absolute atomic E-state index is 0.00398. The Morgan fingerprint density at radius 2 is 1.72 bits per heavy atom. The van der Waals surface area contributed by atoms with Gasteiger partial charge in [0.25, 0.3) is 0 Å². The number of alkyl halides is 3. The van der Waals surface area contributed by atoms with E-state index in [1.807, 2.05) is 0 Å². The summed E-state index contributed by atoms with van der Waals surface area (Å²) in [6.07, 6.45) is -5.17. The lowest BCUT2D eigenvalue weighted by molar-refractivity contribution is -0.122. The smallest absolute Gasteiger partial charge is 0.381 e. The molecule has 0 unspecified atom stereocenters. The molecule has 5 nitrogen and oxygen atoms in total. The number of sulfone groups is 2. The fraction of sp³-hybridized carbons (Fsp3) is 0.467. The van der Waals surface area contributed by atoms with Gasteiger partial charge in [-0.05, 0) is 30.0 Å². The quantitative estimate of drug-likeness (QED) is 0.851. The number of hydrogen-bond donors (Lipinski definition) is 1. The summed E-state index contributed by atoms with van der Waals surface area (Å²) in [4.78, 5) is -0.164. The molecule has 2 aliphatic rings. The van der Waals surface area contributed by atoms with Gasteiger partial charge in [0.2, 0.25) is 9.84 Å². The van der Waals surface area contributed by atoms with Crippen LogP contribution in [0.5, 0.6) is 0 Å². The van der Waals surface area contributed by atoms with Crippen molar-refractivity contribution in [3.8, 4) is 0 Å². The summed E-state index contributed by atoms with van der Waals surface area (Å²) < 4.78 is 85.7. The Balaban J connectivity index is 1.91. The molecule has 138 valence electrons. The first-order valence-corrected chi connectivity index (χ1v) is 11.0. The third-order valence-electron chi connectivity index (χ3n) is 4.25. The molecule has 1 aromatic carbocycles. The van der Waals surface area contributed by atoms with Crippen LogP contribution in [-0.2, 0) is 19.7 Å². The fourth-order valence-corrected chi connectivity index (χ4v) is 6.26. The van der Waals surface area contributed by atoms with Crippen LogP contribution < -0.4 is 5.32 Å². The molecule has 0 spiro atoms. The zero-order chi connectivity index (χ0) is 18.5. The maximum absolute atomic E-state index is 12.7. The van der Waals surface area contributed by atoms with E-state index >= 15 is 0 Å². The molecule has 10 heteroatoms. The van der Waals surface area contributed by atoms with Crippen molar-refractivity contribution in [3.05, 3.63) is 29.2 Å². The standard InChI is InChI=1S/C15H16F3NO4S2/c16-15(17,18)8-10-9-25(22,23)14-12(10)2-1-3-13(14)19-11-4-6-24(20,21)7-5-11/h1-3,9,11,19H,4-8H2. The van der Waals surface area contributed by atoms with Crippen LogP contribution in [0.2, 0.25) is 0 Å². The second-order valence-corrected chi connectivity index (χ2v) is 10.3. The van der Waals surface area contributed by atoms with E-state index in [1.165, 1.54) is 18.2 Å². The summed E-state index contributed by atoms with van der Waals surface area (Å²) in [6.45, 7) is 0. The summed E-state index contributed by atoms with van der Waals surface area (Å²) >= 11 is 0. The highest BCUT2D eigenvalue weighted by Gasteiger charge is 2.37.